The molecule has 0 radical (unpaired) electrons. The van der Waals surface area contributed by atoms with Gasteiger partial charge in [-0.2, -0.15) is 0 Å². The minimum absolute atomic E-state index is 0.0218. The highest BCUT2D eigenvalue weighted by Crippen LogP contribution is 2.42. The highest BCUT2D eigenvalue weighted by Gasteiger charge is 2.41. The number of benzene rings is 2. The molecule has 0 saturated carbocycles. The summed E-state index contributed by atoms with van der Waals surface area (Å²) in [5.41, 5.74) is 2.74. The molecule has 0 bridgehead atoms. The van der Waals surface area contributed by atoms with E-state index < -0.39 is 0 Å². The van der Waals surface area contributed by atoms with E-state index in [9.17, 15) is 4.39 Å². The first-order valence-electron chi connectivity index (χ1n) is 9.84. The number of likely N-dealkylation sites (tertiary alicyclic amines) is 1. The van der Waals surface area contributed by atoms with Gasteiger partial charge in [0.05, 0.1) is 5.69 Å². The smallest absolute Gasteiger partial charge is 0.170 e. The summed E-state index contributed by atoms with van der Waals surface area (Å²) in [4.78, 5) is 2.51. The van der Waals surface area contributed by atoms with Crippen LogP contribution in [0.4, 0.5) is 4.39 Å². The third-order valence-corrected chi connectivity index (χ3v) is 6.52. The maximum absolute atomic E-state index is 13.3. The van der Waals surface area contributed by atoms with Crippen LogP contribution in [0.2, 0.25) is 0 Å². The number of hydrogen-bond donors (Lipinski definition) is 0. The van der Waals surface area contributed by atoms with E-state index >= 15 is 0 Å². The molecule has 1 aromatic heterocycles. The van der Waals surface area contributed by atoms with Crippen molar-refractivity contribution in [1.82, 2.24) is 10.1 Å². The lowest BCUT2D eigenvalue weighted by atomic mass is 9.87. The van der Waals surface area contributed by atoms with Crippen LogP contribution >= 0.6 is 15.9 Å². The van der Waals surface area contributed by atoms with Crippen LogP contribution in [0.15, 0.2) is 45.4 Å². The number of halogens is 2. The second kappa shape index (κ2) is 7.16. The van der Waals surface area contributed by atoms with Crippen LogP contribution < -0.4 is 4.74 Å². The van der Waals surface area contributed by atoms with Crippen molar-refractivity contribution in [3.05, 3.63) is 57.9 Å². The maximum atomic E-state index is 13.3. The Morgan fingerprint density at radius 1 is 1.14 bits per heavy atom. The summed E-state index contributed by atoms with van der Waals surface area (Å²) in [7, 11) is 0. The van der Waals surface area contributed by atoms with Crippen molar-refractivity contribution in [1.29, 1.82) is 0 Å². The second-order valence-electron chi connectivity index (χ2n) is 7.93. The van der Waals surface area contributed by atoms with E-state index in [1.54, 1.807) is 6.07 Å². The van der Waals surface area contributed by atoms with E-state index in [2.05, 4.69) is 44.2 Å². The zero-order valence-corrected chi connectivity index (χ0v) is 17.2. The molecule has 28 heavy (non-hydrogen) atoms. The van der Waals surface area contributed by atoms with Crippen molar-refractivity contribution in [2.75, 3.05) is 19.6 Å². The largest absolute Gasteiger partial charge is 0.487 e. The molecule has 0 atom stereocenters. The van der Waals surface area contributed by atoms with Gasteiger partial charge in [0.15, 0.2) is 5.58 Å². The van der Waals surface area contributed by atoms with Crippen LogP contribution in [0.3, 0.4) is 0 Å². The predicted molar refractivity (Wildman–Crippen MR) is 109 cm³/mol. The van der Waals surface area contributed by atoms with Crippen molar-refractivity contribution in [3.8, 4) is 5.75 Å². The molecule has 6 heteroatoms. The SMILES string of the molecule is Fc1ccc2c(CCCN3CCC4(CC3)Cc3cc(Br)ccc3O4)noc2c1. The van der Waals surface area contributed by atoms with Gasteiger partial charge in [-0.05, 0) is 55.3 Å². The monoisotopic (exact) mass is 444 g/mol. The number of rotatable bonds is 4. The molecule has 3 heterocycles. The van der Waals surface area contributed by atoms with Crippen molar-refractivity contribution < 1.29 is 13.7 Å². The molecular weight excluding hydrogens is 423 g/mol. The molecule has 0 aliphatic carbocycles. The molecule has 0 unspecified atom stereocenters. The van der Waals surface area contributed by atoms with Crippen LogP contribution in [0.1, 0.15) is 30.5 Å². The quantitative estimate of drug-likeness (QED) is 0.558. The molecule has 0 amide bonds. The lowest BCUT2D eigenvalue weighted by molar-refractivity contribution is 0.0192. The molecule has 146 valence electrons. The van der Waals surface area contributed by atoms with Crippen LogP contribution in [-0.4, -0.2) is 35.3 Å². The summed E-state index contributed by atoms with van der Waals surface area (Å²) in [5.74, 6) is 0.757. The van der Waals surface area contributed by atoms with Crippen molar-refractivity contribution >= 4 is 26.9 Å². The lowest BCUT2D eigenvalue weighted by Crippen LogP contribution is -2.47. The molecule has 3 aromatic rings. The number of ether oxygens (including phenoxy) is 1. The van der Waals surface area contributed by atoms with Gasteiger partial charge >= 0.3 is 0 Å². The molecule has 2 aliphatic rings. The van der Waals surface area contributed by atoms with Crippen molar-refractivity contribution in [2.24, 2.45) is 0 Å². The predicted octanol–water partition coefficient (Wildman–Crippen LogP) is 5.13. The van der Waals surface area contributed by atoms with Gasteiger partial charge in [-0.1, -0.05) is 21.1 Å². The number of fused-ring (bicyclic) bond motifs is 2. The van der Waals surface area contributed by atoms with E-state index in [-0.39, 0.29) is 11.4 Å². The Labute approximate surface area is 171 Å². The Bertz CT molecular complexity index is 1010. The van der Waals surface area contributed by atoms with Gasteiger partial charge in [0.25, 0.3) is 0 Å². The first-order valence-corrected chi connectivity index (χ1v) is 10.6. The minimum atomic E-state index is -0.291. The molecule has 1 spiro atoms. The second-order valence-corrected chi connectivity index (χ2v) is 8.84. The summed E-state index contributed by atoms with van der Waals surface area (Å²) in [6.45, 7) is 3.14. The molecule has 5 rings (SSSR count). The molecule has 2 aromatic carbocycles. The zero-order chi connectivity index (χ0) is 19.1. The maximum Gasteiger partial charge on any atom is 0.170 e. The Morgan fingerprint density at radius 2 is 2.00 bits per heavy atom. The van der Waals surface area contributed by atoms with Gasteiger partial charge < -0.3 is 14.2 Å². The van der Waals surface area contributed by atoms with Gasteiger partial charge in [-0.15, -0.1) is 0 Å². The fraction of sp³-hybridized carbons (Fsp3) is 0.409. The minimum Gasteiger partial charge on any atom is -0.487 e. The number of aryl methyl sites for hydroxylation is 1. The Hall–Kier alpha value is -1.92. The van der Waals surface area contributed by atoms with Crippen LogP contribution in [0.25, 0.3) is 11.0 Å². The lowest BCUT2D eigenvalue weighted by Gasteiger charge is -2.38. The zero-order valence-electron chi connectivity index (χ0n) is 15.6. The van der Waals surface area contributed by atoms with Crippen LogP contribution in [0.5, 0.6) is 5.75 Å². The molecule has 1 fully saturated rings. The average molecular weight is 445 g/mol. The molecule has 4 nitrogen and oxygen atoms in total. The number of nitrogens with zero attached hydrogens (tertiary/aromatic N) is 2. The number of aromatic nitrogens is 1. The van der Waals surface area contributed by atoms with Gasteiger partial charge in [0.1, 0.15) is 17.2 Å². The normalized spacial score (nSPS) is 18.5. The molecule has 0 N–H and O–H groups in total. The van der Waals surface area contributed by atoms with Gasteiger partial charge in [-0.3, -0.25) is 0 Å². The first-order chi connectivity index (χ1) is 13.6. The summed E-state index contributed by atoms with van der Waals surface area (Å²) < 4.78 is 26.0. The van der Waals surface area contributed by atoms with Crippen LogP contribution in [0, 0.1) is 5.82 Å². The molecular formula is C22H22BrFN2O2. The van der Waals surface area contributed by atoms with Crippen LogP contribution in [-0.2, 0) is 12.8 Å². The molecule has 2 aliphatic heterocycles. The summed E-state index contributed by atoms with van der Waals surface area (Å²) in [6.07, 6.45) is 4.99. The average Bonchev–Trinajstić information content (AvgIpc) is 3.24. The van der Waals surface area contributed by atoms with Gasteiger partial charge in [0.2, 0.25) is 0 Å². The first kappa shape index (κ1) is 18.1. The third-order valence-electron chi connectivity index (χ3n) is 6.03. The fourth-order valence-corrected chi connectivity index (χ4v) is 4.89. The highest BCUT2D eigenvalue weighted by atomic mass is 79.9. The van der Waals surface area contributed by atoms with Crippen molar-refractivity contribution in [3.63, 3.8) is 0 Å². The van der Waals surface area contributed by atoms with Gasteiger partial charge in [-0.25, -0.2) is 4.39 Å². The highest BCUT2D eigenvalue weighted by molar-refractivity contribution is 9.10. The standard InChI is InChI=1S/C22H22BrFN2O2/c23-16-3-6-20-15(12-16)14-22(27-20)7-10-26(11-8-22)9-1-2-19-18-5-4-17(24)13-21(18)28-25-19/h3-6,12-13H,1-2,7-11,14H2. The Kier molecular flexibility index (Phi) is 4.63. The molecule has 1 saturated heterocycles. The summed E-state index contributed by atoms with van der Waals surface area (Å²) in [5, 5.41) is 5.04. The topological polar surface area (TPSA) is 38.5 Å². The third kappa shape index (κ3) is 3.44. The summed E-state index contributed by atoms with van der Waals surface area (Å²) >= 11 is 3.56. The van der Waals surface area contributed by atoms with E-state index in [4.69, 9.17) is 9.26 Å². The van der Waals surface area contributed by atoms with Gasteiger partial charge in [0, 0.05) is 48.3 Å². The fourth-order valence-electron chi connectivity index (χ4n) is 4.48. The number of hydrogen-bond acceptors (Lipinski definition) is 4. The van der Waals surface area contributed by atoms with E-state index in [1.807, 2.05) is 0 Å². The Balaban J connectivity index is 1.14. The number of piperidine rings is 1. The van der Waals surface area contributed by atoms with E-state index in [0.29, 0.717) is 5.58 Å². The Morgan fingerprint density at radius 3 is 2.86 bits per heavy atom. The van der Waals surface area contributed by atoms with Crippen molar-refractivity contribution in [2.45, 2.75) is 37.7 Å². The van der Waals surface area contributed by atoms with E-state index in [1.165, 1.54) is 17.7 Å². The summed E-state index contributed by atoms with van der Waals surface area (Å²) in [6, 6.07) is 10.9. The van der Waals surface area contributed by atoms with E-state index in [0.717, 1.165) is 73.0 Å².